The molecule has 0 radical (unpaired) electrons. The monoisotopic (exact) mass is 345 g/mol. The summed E-state index contributed by atoms with van der Waals surface area (Å²) in [5.74, 6) is 0.894. The van der Waals surface area contributed by atoms with Crippen molar-refractivity contribution in [1.82, 2.24) is 10.6 Å². The predicted molar refractivity (Wildman–Crippen MR) is 97.2 cm³/mol. The fraction of sp³-hybridized carbons (Fsp3) is 0.316. The largest absolute Gasteiger partial charge is 0.496 e. The Bertz CT molecular complexity index is 707. The lowest BCUT2D eigenvalue weighted by atomic mass is 10.1. The molecule has 0 spiro atoms. The maximum atomic E-state index is 13.7. The van der Waals surface area contributed by atoms with E-state index < -0.39 is 11.9 Å². The summed E-state index contributed by atoms with van der Waals surface area (Å²) in [5, 5.41) is 16.3. The van der Waals surface area contributed by atoms with Gasteiger partial charge in [-0.25, -0.2) is 9.38 Å². The van der Waals surface area contributed by atoms with Gasteiger partial charge in [-0.1, -0.05) is 36.4 Å². The molecular weight excluding hydrogens is 321 g/mol. The summed E-state index contributed by atoms with van der Waals surface area (Å²) < 4.78 is 19.0. The van der Waals surface area contributed by atoms with Crippen LogP contribution in [0.25, 0.3) is 0 Å². The molecule has 3 N–H and O–H groups in total. The molecule has 2 aromatic carbocycles. The van der Waals surface area contributed by atoms with E-state index in [0.29, 0.717) is 19.0 Å². The van der Waals surface area contributed by atoms with E-state index in [9.17, 15) is 9.50 Å². The third-order valence-corrected chi connectivity index (χ3v) is 3.67. The van der Waals surface area contributed by atoms with Gasteiger partial charge in [-0.15, -0.1) is 0 Å². The number of rotatable bonds is 7. The van der Waals surface area contributed by atoms with Crippen molar-refractivity contribution < 1.29 is 14.2 Å². The van der Waals surface area contributed by atoms with Gasteiger partial charge >= 0.3 is 0 Å². The highest BCUT2D eigenvalue weighted by Gasteiger charge is 2.12. The maximum absolute atomic E-state index is 13.7. The quantitative estimate of drug-likeness (QED) is 0.533. The zero-order chi connectivity index (χ0) is 18.1. The number of halogens is 1. The Balaban J connectivity index is 2.01. The van der Waals surface area contributed by atoms with Crippen molar-refractivity contribution in [2.24, 2.45) is 4.99 Å². The van der Waals surface area contributed by atoms with Crippen molar-refractivity contribution >= 4 is 5.96 Å². The molecule has 0 aliphatic carbocycles. The van der Waals surface area contributed by atoms with Crippen LogP contribution < -0.4 is 15.4 Å². The second-order valence-corrected chi connectivity index (χ2v) is 5.43. The first-order valence-corrected chi connectivity index (χ1v) is 8.22. The molecular formula is C19H24FN3O2. The van der Waals surface area contributed by atoms with E-state index in [4.69, 9.17) is 4.74 Å². The number of aliphatic imine (C=N–C) groups is 1. The van der Waals surface area contributed by atoms with Crippen LogP contribution in [0.15, 0.2) is 53.5 Å². The van der Waals surface area contributed by atoms with Gasteiger partial charge in [0.05, 0.1) is 19.8 Å². The summed E-state index contributed by atoms with van der Waals surface area (Å²) in [5.41, 5.74) is 1.22. The van der Waals surface area contributed by atoms with Crippen LogP contribution in [0, 0.1) is 5.82 Å². The lowest BCUT2D eigenvalue weighted by Gasteiger charge is -2.16. The second kappa shape index (κ2) is 9.64. The van der Waals surface area contributed by atoms with Gasteiger partial charge in [0.1, 0.15) is 11.6 Å². The van der Waals surface area contributed by atoms with Gasteiger partial charge < -0.3 is 20.5 Å². The fourth-order valence-corrected chi connectivity index (χ4v) is 2.39. The summed E-state index contributed by atoms with van der Waals surface area (Å²) in [6, 6.07) is 13.9. The van der Waals surface area contributed by atoms with Crippen molar-refractivity contribution in [3.63, 3.8) is 0 Å². The molecule has 0 aromatic heterocycles. The third kappa shape index (κ3) is 5.46. The van der Waals surface area contributed by atoms with Gasteiger partial charge in [0.15, 0.2) is 5.96 Å². The first kappa shape index (κ1) is 18.7. The molecule has 6 heteroatoms. The molecule has 5 nitrogen and oxygen atoms in total. The predicted octanol–water partition coefficient (Wildman–Crippen LogP) is 2.62. The number of nitrogens with one attached hydrogen (secondary N) is 2. The molecule has 0 heterocycles. The molecule has 1 atom stereocenters. The Hall–Kier alpha value is -2.60. The lowest BCUT2D eigenvalue weighted by Crippen LogP contribution is -2.39. The van der Waals surface area contributed by atoms with E-state index in [-0.39, 0.29) is 12.1 Å². The van der Waals surface area contributed by atoms with Crippen molar-refractivity contribution in [1.29, 1.82) is 0 Å². The number of ether oxygens (including phenoxy) is 1. The number of methoxy groups -OCH3 is 1. The number of hydrogen-bond acceptors (Lipinski definition) is 3. The smallest absolute Gasteiger partial charge is 0.191 e. The molecule has 0 aliphatic rings. The van der Waals surface area contributed by atoms with Crippen LogP contribution in [0.4, 0.5) is 4.39 Å². The van der Waals surface area contributed by atoms with Gasteiger partial charge in [-0.3, -0.25) is 0 Å². The number of nitrogens with zero attached hydrogens (tertiary/aromatic N) is 1. The van der Waals surface area contributed by atoms with Crippen molar-refractivity contribution in [2.45, 2.75) is 19.6 Å². The minimum atomic E-state index is -0.962. The van der Waals surface area contributed by atoms with Crippen LogP contribution >= 0.6 is 0 Å². The van der Waals surface area contributed by atoms with E-state index in [0.717, 1.165) is 11.3 Å². The minimum absolute atomic E-state index is 0.151. The highest BCUT2D eigenvalue weighted by molar-refractivity contribution is 5.79. The Kier molecular flexibility index (Phi) is 7.22. The molecule has 134 valence electrons. The van der Waals surface area contributed by atoms with E-state index in [1.54, 1.807) is 25.3 Å². The average molecular weight is 345 g/mol. The summed E-state index contributed by atoms with van der Waals surface area (Å²) in [7, 11) is 1.62. The van der Waals surface area contributed by atoms with E-state index in [1.165, 1.54) is 6.07 Å². The summed E-state index contributed by atoms with van der Waals surface area (Å²) in [6.07, 6.45) is -0.962. The molecule has 25 heavy (non-hydrogen) atoms. The molecule has 0 saturated carbocycles. The van der Waals surface area contributed by atoms with Crippen molar-refractivity contribution in [3.05, 3.63) is 65.5 Å². The van der Waals surface area contributed by atoms with E-state index >= 15 is 0 Å². The van der Waals surface area contributed by atoms with Gasteiger partial charge in [-0.2, -0.15) is 0 Å². The van der Waals surface area contributed by atoms with Crippen LogP contribution in [0.2, 0.25) is 0 Å². The van der Waals surface area contributed by atoms with Crippen molar-refractivity contribution in [3.8, 4) is 5.75 Å². The highest BCUT2D eigenvalue weighted by atomic mass is 19.1. The van der Waals surface area contributed by atoms with Crippen LogP contribution in [0.3, 0.4) is 0 Å². The van der Waals surface area contributed by atoms with E-state index in [2.05, 4.69) is 15.6 Å². The third-order valence-electron chi connectivity index (χ3n) is 3.67. The molecule has 0 bridgehead atoms. The number of aliphatic hydroxyl groups excluding tert-OH is 1. The van der Waals surface area contributed by atoms with Gasteiger partial charge in [0.25, 0.3) is 0 Å². The number of hydrogen-bond donors (Lipinski definition) is 3. The second-order valence-electron chi connectivity index (χ2n) is 5.43. The van der Waals surface area contributed by atoms with Crippen LogP contribution in [-0.4, -0.2) is 31.3 Å². The topological polar surface area (TPSA) is 65.9 Å². The molecule has 0 aliphatic heterocycles. The highest BCUT2D eigenvalue weighted by Crippen LogP contribution is 2.18. The zero-order valence-electron chi connectivity index (χ0n) is 14.5. The average Bonchev–Trinajstić information content (AvgIpc) is 2.64. The van der Waals surface area contributed by atoms with Gasteiger partial charge in [0.2, 0.25) is 0 Å². The first-order chi connectivity index (χ1) is 12.2. The zero-order valence-corrected chi connectivity index (χ0v) is 14.5. The number of para-hydroxylation sites is 1. The van der Waals surface area contributed by atoms with E-state index in [1.807, 2.05) is 31.2 Å². The lowest BCUT2D eigenvalue weighted by molar-refractivity contribution is 0.176. The Labute approximate surface area is 147 Å². The van der Waals surface area contributed by atoms with Gasteiger partial charge in [-0.05, 0) is 19.1 Å². The summed E-state index contributed by atoms with van der Waals surface area (Å²) in [4.78, 5) is 4.49. The van der Waals surface area contributed by atoms with Crippen molar-refractivity contribution in [2.75, 3.05) is 20.2 Å². The Morgan fingerprint density at radius 1 is 1.16 bits per heavy atom. The van der Waals surface area contributed by atoms with Crippen LogP contribution in [0.5, 0.6) is 5.75 Å². The number of guanidine groups is 1. The molecule has 2 rings (SSSR count). The molecule has 0 saturated heterocycles. The maximum Gasteiger partial charge on any atom is 0.191 e. The molecule has 2 aromatic rings. The summed E-state index contributed by atoms with van der Waals surface area (Å²) in [6.45, 7) is 3.20. The van der Waals surface area contributed by atoms with Gasteiger partial charge in [0, 0.05) is 24.2 Å². The summed E-state index contributed by atoms with van der Waals surface area (Å²) >= 11 is 0. The standard InChI is InChI=1S/C19H24FN3O2/c1-3-21-19(22-12-14-8-4-7-11-18(14)25-2)23-13-17(24)15-9-5-6-10-16(15)20/h4-11,17,24H,3,12-13H2,1-2H3,(H2,21,22,23). The molecule has 1 unspecified atom stereocenters. The Morgan fingerprint density at radius 3 is 2.60 bits per heavy atom. The molecule has 0 amide bonds. The van der Waals surface area contributed by atoms with Crippen LogP contribution in [-0.2, 0) is 6.54 Å². The minimum Gasteiger partial charge on any atom is -0.496 e. The molecule has 0 fully saturated rings. The number of aliphatic hydroxyl groups is 1. The normalized spacial score (nSPS) is 12.6. The number of benzene rings is 2. The van der Waals surface area contributed by atoms with Crippen LogP contribution in [0.1, 0.15) is 24.2 Å². The Morgan fingerprint density at radius 2 is 1.88 bits per heavy atom. The fourth-order valence-electron chi connectivity index (χ4n) is 2.39. The first-order valence-electron chi connectivity index (χ1n) is 8.22. The SMILES string of the molecule is CCNC(=NCc1ccccc1OC)NCC(O)c1ccccc1F.